The van der Waals surface area contributed by atoms with Crippen molar-refractivity contribution in [1.29, 1.82) is 0 Å². The Hall–Kier alpha value is -4.75. The van der Waals surface area contributed by atoms with Crippen LogP contribution in [0.4, 0.5) is 0 Å². The van der Waals surface area contributed by atoms with E-state index in [2.05, 4.69) is 133 Å². The molecule has 6 aromatic carbocycles. The van der Waals surface area contributed by atoms with Gasteiger partial charge >= 0.3 is 0 Å². The van der Waals surface area contributed by atoms with Crippen molar-refractivity contribution in [3.05, 3.63) is 139 Å². The number of aryl methyl sites for hydroxylation is 1. The molecular formula is C42H43N. The zero-order valence-corrected chi connectivity index (χ0v) is 26.6. The van der Waals surface area contributed by atoms with Crippen molar-refractivity contribution in [3.8, 4) is 33.4 Å². The Kier molecular flexibility index (Phi) is 10.8. The molecule has 0 spiro atoms. The van der Waals surface area contributed by atoms with Gasteiger partial charge in [0.25, 0.3) is 0 Å². The number of rotatable bonds is 3. The second kappa shape index (κ2) is 14.9. The largest absolute Gasteiger partial charge is 0.264 e. The summed E-state index contributed by atoms with van der Waals surface area (Å²) in [4.78, 5) is 4.43. The smallest absolute Gasteiger partial charge is 0.0346 e. The normalized spacial score (nSPS) is 10.2. The molecule has 0 radical (unpaired) electrons. The van der Waals surface area contributed by atoms with Crippen molar-refractivity contribution in [3.63, 3.8) is 0 Å². The maximum absolute atomic E-state index is 4.43. The standard InChI is InChI=1S/C36H25N.3C2H6/c1-24-20-28(23-37-22-24)26-12-8-13-27(21-26)35-31-15-4-6-17-33(31)36(34-18-7-5-16-32(34)35)30-19-9-11-25-10-2-3-14-29(25)30;3*1-2/h2-23H,1H3;3*1-2H3. The molecule has 216 valence electrons. The van der Waals surface area contributed by atoms with Gasteiger partial charge in [-0.25, -0.2) is 0 Å². The topological polar surface area (TPSA) is 12.9 Å². The predicted molar refractivity (Wildman–Crippen MR) is 192 cm³/mol. The van der Waals surface area contributed by atoms with Gasteiger partial charge in [-0.2, -0.15) is 0 Å². The summed E-state index contributed by atoms with van der Waals surface area (Å²) < 4.78 is 0. The summed E-state index contributed by atoms with van der Waals surface area (Å²) in [6, 6.07) is 44.1. The minimum atomic E-state index is 1.14. The predicted octanol–water partition coefficient (Wildman–Crippen LogP) is 12.9. The maximum Gasteiger partial charge on any atom is 0.0346 e. The Morgan fingerprint density at radius 3 is 1.49 bits per heavy atom. The van der Waals surface area contributed by atoms with Gasteiger partial charge in [-0.15, -0.1) is 0 Å². The Bertz CT molecular complexity index is 1890. The first-order chi connectivity index (χ1) is 21.3. The van der Waals surface area contributed by atoms with E-state index in [1.54, 1.807) is 0 Å². The van der Waals surface area contributed by atoms with E-state index in [0.29, 0.717) is 0 Å². The Balaban J connectivity index is 0.000000666. The fraction of sp³-hybridized carbons (Fsp3) is 0.167. The first kappa shape index (κ1) is 31.2. The molecule has 1 nitrogen and oxygen atoms in total. The summed E-state index contributed by atoms with van der Waals surface area (Å²) in [5.41, 5.74) is 8.55. The van der Waals surface area contributed by atoms with Gasteiger partial charge in [0, 0.05) is 18.0 Å². The minimum Gasteiger partial charge on any atom is -0.264 e. The van der Waals surface area contributed by atoms with E-state index >= 15 is 0 Å². The van der Waals surface area contributed by atoms with Crippen LogP contribution in [0.1, 0.15) is 47.1 Å². The molecule has 0 unspecified atom stereocenters. The van der Waals surface area contributed by atoms with Gasteiger partial charge in [-0.05, 0) is 84.8 Å². The Labute approximate surface area is 257 Å². The highest BCUT2D eigenvalue weighted by Crippen LogP contribution is 2.45. The molecule has 0 N–H and O–H groups in total. The summed E-state index contributed by atoms with van der Waals surface area (Å²) >= 11 is 0. The average Bonchev–Trinajstić information content (AvgIpc) is 3.10. The summed E-state index contributed by atoms with van der Waals surface area (Å²) in [6.45, 7) is 14.1. The molecule has 0 saturated heterocycles. The first-order valence-electron chi connectivity index (χ1n) is 15.7. The number of hydrogen-bond donors (Lipinski definition) is 0. The van der Waals surface area contributed by atoms with Crippen molar-refractivity contribution >= 4 is 32.3 Å². The van der Waals surface area contributed by atoms with Crippen LogP contribution in [0, 0.1) is 6.92 Å². The number of fused-ring (bicyclic) bond motifs is 3. The fourth-order valence-corrected chi connectivity index (χ4v) is 5.74. The summed E-state index contributed by atoms with van der Waals surface area (Å²) in [5.74, 6) is 0. The Morgan fingerprint density at radius 2 is 0.884 bits per heavy atom. The number of benzene rings is 6. The summed E-state index contributed by atoms with van der Waals surface area (Å²) in [6.07, 6.45) is 3.85. The molecule has 0 fully saturated rings. The number of aromatic nitrogens is 1. The molecule has 0 bridgehead atoms. The van der Waals surface area contributed by atoms with E-state index in [-0.39, 0.29) is 0 Å². The van der Waals surface area contributed by atoms with Crippen molar-refractivity contribution in [2.45, 2.75) is 48.5 Å². The fourth-order valence-electron chi connectivity index (χ4n) is 5.74. The first-order valence-corrected chi connectivity index (χ1v) is 15.7. The van der Waals surface area contributed by atoms with Gasteiger partial charge in [-0.3, -0.25) is 4.98 Å². The van der Waals surface area contributed by atoms with E-state index in [1.807, 2.05) is 53.9 Å². The highest BCUT2D eigenvalue weighted by molar-refractivity contribution is 6.23. The number of hydrogen-bond acceptors (Lipinski definition) is 1. The van der Waals surface area contributed by atoms with Crippen molar-refractivity contribution in [1.82, 2.24) is 4.98 Å². The van der Waals surface area contributed by atoms with E-state index in [0.717, 1.165) is 5.56 Å². The maximum atomic E-state index is 4.43. The molecule has 1 aromatic heterocycles. The van der Waals surface area contributed by atoms with Crippen LogP contribution in [0.15, 0.2) is 134 Å². The molecule has 0 amide bonds. The van der Waals surface area contributed by atoms with Gasteiger partial charge in [0.1, 0.15) is 0 Å². The van der Waals surface area contributed by atoms with Crippen LogP contribution in [0.3, 0.4) is 0 Å². The van der Waals surface area contributed by atoms with Gasteiger partial charge in [-0.1, -0.05) is 151 Å². The van der Waals surface area contributed by atoms with E-state index in [4.69, 9.17) is 0 Å². The lowest BCUT2D eigenvalue weighted by molar-refractivity contribution is 1.27. The van der Waals surface area contributed by atoms with Gasteiger partial charge < -0.3 is 0 Å². The van der Waals surface area contributed by atoms with Gasteiger partial charge in [0.2, 0.25) is 0 Å². The van der Waals surface area contributed by atoms with Crippen LogP contribution in [0.5, 0.6) is 0 Å². The van der Waals surface area contributed by atoms with Crippen LogP contribution >= 0.6 is 0 Å². The van der Waals surface area contributed by atoms with E-state index < -0.39 is 0 Å². The van der Waals surface area contributed by atoms with Gasteiger partial charge in [0.05, 0.1) is 0 Å². The van der Waals surface area contributed by atoms with Crippen LogP contribution in [0.25, 0.3) is 65.7 Å². The molecule has 7 aromatic rings. The van der Waals surface area contributed by atoms with Crippen LogP contribution in [-0.2, 0) is 0 Å². The molecule has 1 heteroatoms. The number of nitrogens with zero attached hydrogens (tertiary/aromatic N) is 1. The molecule has 0 aliphatic carbocycles. The second-order valence-corrected chi connectivity index (χ2v) is 9.70. The van der Waals surface area contributed by atoms with Crippen molar-refractivity contribution < 1.29 is 0 Å². The third-order valence-corrected chi connectivity index (χ3v) is 7.35. The third-order valence-electron chi connectivity index (χ3n) is 7.35. The molecular weight excluding hydrogens is 518 g/mol. The summed E-state index contributed by atoms with van der Waals surface area (Å²) in [5, 5.41) is 7.62. The molecule has 0 atom stereocenters. The van der Waals surface area contributed by atoms with Crippen molar-refractivity contribution in [2.75, 3.05) is 0 Å². The van der Waals surface area contributed by atoms with Crippen LogP contribution < -0.4 is 0 Å². The lowest BCUT2D eigenvalue weighted by Gasteiger charge is -2.19. The molecule has 0 aliphatic rings. The molecule has 0 saturated carbocycles. The van der Waals surface area contributed by atoms with Crippen molar-refractivity contribution in [2.24, 2.45) is 0 Å². The zero-order valence-electron chi connectivity index (χ0n) is 26.6. The number of pyridine rings is 1. The van der Waals surface area contributed by atoms with E-state index in [9.17, 15) is 0 Å². The quantitative estimate of drug-likeness (QED) is 0.196. The molecule has 7 rings (SSSR count). The average molecular weight is 562 g/mol. The molecule has 1 heterocycles. The minimum absolute atomic E-state index is 1.14. The molecule has 0 aliphatic heterocycles. The zero-order chi connectivity index (χ0) is 30.8. The lowest BCUT2D eigenvalue weighted by atomic mass is 9.84. The Morgan fingerprint density at radius 1 is 0.395 bits per heavy atom. The second-order valence-electron chi connectivity index (χ2n) is 9.70. The van der Waals surface area contributed by atoms with Crippen LogP contribution in [-0.4, -0.2) is 4.98 Å². The van der Waals surface area contributed by atoms with Crippen LogP contribution in [0.2, 0.25) is 0 Å². The SMILES string of the molecule is CC.CC.CC.Cc1cncc(-c2cccc(-c3c4ccccc4c(-c4cccc5ccccc45)c4ccccc34)c2)c1. The monoisotopic (exact) mass is 561 g/mol. The highest BCUT2D eigenvalue weighted by Gasteiger charge is 2.18. The lowest BCUT2D eigenvalue weighted by Crippen LogP contribution is -1.92. The van der Waals surface area contributed by atoms with E-state index in [1.165, 1.54) is 65.7 Å². The summed E-state index contributed by atoms with van der Waals surface area (Å²) in [7, 11) is 0. The van der Waals surface area contributed by atoms with Gasteiger partial charge in [0.15, 0.2) is 0 Å². The third kappa shape index (κ3) is 6.22. The highest BCUT2D eigenvalue weighted by atomic mass is 14.6. The molecule has 43 heavy (non-hydrogen) atoms.